The third-order valence-corrected chi connectivity index (χ3v) is 1.54. The number of hydrogen-bond donors (Lipinski definition) is 1. The lowest BCUT2D eigenvalue weighted by Gasteiger charge is -2.13. The predicted molar refractivity (Wildman–Crippen MR) is 44.0 cm³/mol. The highest BCUT2D eigenvalue weighted by atomic mass is 16.7. The number of rotatable bonds is 2. The molecule has 0 radical (unpaired) electrons. The molecule has 0 saturated heterocycles. The molecule has 1 aliphatic heterocycles. The maximum absolute atomic E-state index is 11.1. The molecule has 1 rings (SSSR count). The molecular formula is C6H6N4O5. The van der Waals surface area contributed by atoms with Crippen molar-refractivity contribution in [3.8, 4) is 0 Å². The molecular weight excluding hydrogens is 208 g/mol. The lowest BCUT2D eigenvalue weighted by molar-refractivity contribution is -0.133. The van der Waals surface area contributed by atoms with Gasteiger partial charge in [-0.15, -0.1) is 5.06 Å². The number of azide groups is 1. The number of nitrogens with zero attached hydrogens (tertiary/aromatic N) is 4. The van der Waals surface area contributed by atoms with Crippen LogP contribution in [0.25, 0.3) is 10.4 Å². The third-order valence-electron chi connectivity index (χ3n) is 1.54. The largest absolute Gasteiger partial charge is 0.480 e. The minimum absolute atomic E-state index is 0.223. The second-order valence-corrected chi connectivity index (χ2v) is 2.33. The number of ether oxygens (including phenoxy) is 1. The monoisotopic (exact) mass is 214 g/mol. The van der Waals surface area contributed by atoms with E-state index in [0.717, 1.165) is 0 Å². The fourth-order valence-electron chi connectivity index (χ4n) is 0.952. The van der Waals surface area contributed by atoms with E-state index < -0.39 is 12.0 Å². The molecule has 0 aromatic heterocycles. The second-order valence-electron chi connectivity index (χ2n) is 2.33. The van der Waals surface area contributed by atoms with E-state index in [2.05, 4.69) is 19.6 Å². The van der Waals surface area contributed by atoms with E-state index in [9.17, 15) is 9.59 Å². The Morgan fingerprint density at radius 2 is 2.40 bits per heavy atom. The summed E-state index contributed by atoms with van der Waals surface area (Å²) < 4.78 is 4.66. The van der Waals surface area contributed by atoms with Gasteiger partial charge in [-0.1, -0.05) is 0 Å². The van der Waals surface area contributed by atoms with Gasteiger partial charge < -0.3 is 9.84 Å². The molecule has 1 heterocycles. The summed E-state index contributed by atoms with van der Waals surface area (Å²) in [6, 6.07) is -1.09. The number of carbonyl (C=O) groups is 2. The van der Waals surface area contributed by atoms with Gasteiger partial charge in [0, 0.05) is 10.0 Å². The van der Waals surface area contributed by atoms with Gasteiger partial charge in [0.05, 0.1) is 7.11 Å². The van der Waals surface area contributed by atoms with E-state index in [-0.39, 0.29) is 18.1 Å². The molecule has 9 heteroatoms. The van der Waals surface area contributed by atoms with Gasteiger partial charge in [0.1, 0.15) is 12.2 Å². The first-order chi connectivity index (χ1) is 7.11. The van der Waals surface area contributed by atoms with Gasteiger partial charge in [-0.2, -0.15) is 0 Å². The molecule has 0 aliphatic carbocycles. The molecule has 0 spiro atoms. The van der Waals surface area contributed by atoms with E-state index in [0.29, 0.717) is 5.06 Å². The van der Waals surface area contributed by atoms with Crippen molar-refractivity contribution in [2.75, 3.05) is 13.7 Å². The van der Waals surface area contributed by atoms with Gasteiger partial charge in [0.25, 0.3) is 0 Å². The highest BCUT2D eigenvalue weighted by Crippen LogP contribution is 2.21. The number of amides is 2. The maximum atomic E-state index is 11.1. The summed E-state index contributed by atoms with van der Waals surface area (Å²) in [5.41, 5.74) is 7.79. The van der Waals surface area contributed by atoms with Crippen LogP contribution in [0.2, 0.25) is 0 Å². The van der Waals surface area contributed by atoms with E-state index in [4.69, 9.17) is 10.6 Å². The van der Waals surface area contributed by atoms with Crippen molar-refractivity contribution in [1.29, 1.82) is 0 Å². The first-order valence-corrected chi connectivity index (χ1v) is 3.64. The second kappa shape index (κ2) is 4.31. The standard InChI is InChI=1S/C6H6N4O5/c1-14-4-3(5(11)12)2-15-10(4)6(13)8-9-7/h2H2,1H3,(H,11,12). The summed E-state index contributed by atoms with van der Waals surface area (Å²) in [7, 11) is 1.17. The Morgan fingerprint density at radius 3 is 2.87 bits per heavy atom. The van der Waals surface area contributed by atoms with Crippen LogP contribution in [-0.4, -0.2) is 35.9 Å². The molecule has 0 unspecified atom stereocenters. The summed E-state index contributed by atoms with van der Waals surface area (Å²) in [5.74, 6) is -1.57. The van der Waals surface area contributed by atoms with Gasteiger partial charge in [0.15, 0.2) is 0 Å². The smallest absolute Gasteiger partial charge is 0.341 e. The number of methoxy groups -OCH3 is 1. The first-order valence-electron chi connectivity index (χ1n) is 3.64. The van der Waals surface area contributed by atoms with Crippen molar-refractivity contribution >= 4 is 12.0 Å². The topological polar surface area (TPSA) is 125 Å². The maximum Gasteiger partial charge on any atom is 0.341 e. The summed E-state index contributed by atoms with van der Waals surface area (Å²) in [4.78, 5) is 28.6. The van der Waals surface area contributed by atoms with Gasteiger partial charge in [-0.3, -0.25) is 9.63 Å². The Kier molecular flexibility index (Phi) is 3.11. The summed E-state index contributed by atoms with van der Waals surface area (Å²) in [6.45, 7) is -0.328. The van der Waals surface area contributed by atoms with Crippen LogP contribution in [0, 0.1) is 0 Å². The summed E-state index contributed by atoms with van der Waals surface area (Å²) in [5, 5.41) is 11.9. The number of aliphatic carboxylic acids is 1. The molecule has 0 saturated carbocycles. The van der Waals surface area contributed by atoms with E-state index >= 15 is 0 Å². The normalized spacial score (nSPS) is 14.9. The number of carboxylic acids is 1. The SMILES string of the molecule is COC1=C(C(=O)O)CON1C(=O)N=[N+]=[N-]. The minimum Gasteiger partial charge on any atom is -0.480 e. The molecule has 1 N–H and O–H groups in total. The van der Waals surface area contributed by atoms with Crippen LogP contribution in [0.1, 0.15) is 0 Å². The Labute approximate surface area is 83.1 Å². The molecule has 0 aromatic carbocycles. The third kappa shape index (κ3) is 1.98. The summed E-state index contributed by atoms with van der Waals surface area (Å²) >= 11 is 0. The van der Waals surface area contributed by atoms with Crippen LogP contribution >= 0.6 is 0 Å². The Bertz CT molecular complexity index is 383. The average Bonchev–Trinajstić information content (AvgIpc) is 2.61. The highest BCUT2D eigenvalue weighted by Gasteiger charge is 2.33. The lowest BCUT2D eigenvalue weighted by Crippen LogP contribution is -2.24. The lowest BCUT2D eigenvalue weighted by atomic mass is 10.3. The zero-order valence-electron chi connectivity index (χ0n) is 7.58. The number of carbonyl (C=O) groups excluding carboxylic acids is 1. The molecule has 1 aliphatic rings. The minimum atomic E-state index is -1.27. The Balaban J connectivity index is 3.01. The molecule has 15 heavy (non-hydrogen) atoms. The van der Waals surface area contributed by atoms with Crippen molar-refractivity contribution in [2.45, 2.75) is 0 Å². The van der Waals surface area contributed by atoms with Gasteiger partial charge in [0.2, 0.25) is 5.88 Å². The molecule has 2 amide bonds. The molecule has 0 bridgehead atoms. The fourth-order valence-corrected chi connectivity index (χ4v) is 0.952. The molecule has 0 aromatic rings. The van der Waals surface area contributed by atoms with Gasteiger partial charge in [-0.05, 0) is 5.53 Å². The average molecular weight is 214 g/mol. The van der Waals surface area contributed by atoms with E-state index in [1.807, 2.05) is 0 Å². The van der Waals surface area contributed by atoms with Crippen molar-refractivity contribution in [3.63, 3.8) is 0 Å². The van der Waals surface area contributed by atoms with Crippen LogP contribution in [0.3, 0.4) is 0 Å². The molecule has 9 nitrogen and oxygen atoms in total. The van der Waals surface area contributed by atoms with Crippen LogP contribution in [0.4, 0.5) is 4.79 Å². The number of urea groups is 1. The predicted octanol–water partition coefficient (Wildman–Crippen LogP) is 0.607. The van der Waals surface area contributed by atoms with Crippen LogP contribution in [0.15, 0.2) is 16.6 Å². The number of hydroxylamine groups is 2. The van der Waals surface area contributed by atoms with Crippen molar-refractivity contribution in [1.82, 2.24) is 5.06 Å². The summed E-state index contributed by atoms with van der Waals surface area (Å²) in [6.07, 6.45) is 0. The van der Waals surface area contributed by atoms with Crippen LogP contribution in [-0.2, 0) is 14.4 Å². The van der Waals surface area contributed by atoms with Crippen molar-refractivity contribution in [2.24, 2.45) is 5.11 Å². The molecule has 0 fully saturated rings. The Hall–Kier alpha value is -2.25. The molecule has 0 atom stereocenters. The van der Waals surface area contributed by atoms with Gasteiger partial charge in [-0.25, -0.2) is 4.79 Å². The van der Waals surface area contributed by atoms with Crippen molar-refractivity contribution in [3.05, 3.63) is 21.9 Å². The number of hydrogen-bond acceptors (Lipinski definition) is 4. The molecule has 80 valence electrons. The van der Waals surface area contributed by atoms with Gasteiger partial charge >= 0.3 is 12.0 Å². The first kappa shape index (κ1) is 10.8. The van der Waals surface area contributed by atoms with E-state index in [1.165, 1.54) is 7.11 Å². The number of carboxylic acid groups (broad SMARTS) is 1. The van der Waals surface area contributed by atoms with Crippen molar-refractivity contribution < 1.29 is 24.3 Å². The zero-order valence-corrected chi connectivity index (χ0v) is 7.58. The zero-order chi connectivity index (χ0) is 11.4. The quantitative estimate of drug-likeness (QED) is 0.409. The Morgan fingerprint density at radius 1 is 1.73 bits per heavy atom. The van der Waals surface area contributed by atoms with E-state index in [1.54, 1.807) is 0 Å². The van der Waals surface area contributed by atoms with Crippen LogP contribution in [0.5, 0.6) is 0 Å². The van der Waals surface area contributed by atoms with Crippen LogP contribution < -0.4 is 0 Å². The fraction of sp³-hybridized carbons (Fsp3) is 0.333. The highest BCUT2D eigenvalue weighted by molar-refractivity contribution is 5.89.